The molecule has 0 spiro atoms. The van der Waals surface area contributed by atoms with Crippen LogP contribution in [0.3, 0.4) is 0 Å². The first-order chi connectivity index (χ1) is 7.84. The predicted molar refractivity (Wildman–Crippen MR) is 63.8 cm³/mol. The normalized spacial score (nSPS) is 15.0. The average molecular weight is 214 g/mol. The molecule has 2 nitrogen and oxygen atoms in total. The quantitative estimate of drug-likeness (QED) is 0.834. The largest absolute Gasteiger partial charge is 0.512 e. The van der Waals surface area contributed by atoms with E-state index in [1.165, 1.54) is 0 Å². The van der Waals surface area contributed by atoms with Gasteiger partial charge in [-0.15, -0.1) is 0 Å². The van der Waals surface area contributed by atoms with Crippen molar-refractivity contribution in [1.29, 1.82) is 0 Å². The molecule has 0 amide bonds. The van der Waals surface area contributed by atoms with Gasteiger partial charge in [0, 0.05) is 6.42 Å². The average Bonchev–Trinajstić information content (AvgIpc) is 2.53. The van der Waals surface area contributed by atoms with E-state index in [1.807, 2.05) is 42.5 Å². The molecule has 0 unspecified atom stereocenters. The summed E-state index contributed by atoms with van der Waals surface area (Å²) in [6.07, 6.45) is 7.77. The van der Waals surface area contributed by atoms with Crippen molar-refractivity contribution in [1.82, 2.24) is 0 Å². The minimum absolute atomic E-state index is 0.356. The molecule has 0 bridgehead atoms. The van der Waals surface area contributed by atoms with Crippen molar-refractivity contribution in [3.05, 3.63) is 71.7 Å². The number of aliphatic hydroxyl groups is 1. The molecule has 0 atom stereocenters. The summed E-state index contributed by atoms with van der Waals surface area (Å²) in [5.41, 5.74) is 1.13. The van der Waals surface area contributed by atoms with E-state index in [-0.39, 0.29) is 0 Å². The number of ether oxygens (including phenoxy) is 1. The Kier molecular flexibility index (Phi) is 3.44. The maximum absolute atomic E-state index is 9.30. The van der Waals surface area contributed by atoms with E-state index >= 15 is 0 Å². The number of benzene rings is 1. The van der Waals surface area contributed by atoms with Crippen LogP contribution in [0.4, 0.5) is 0 Å². The number of hydrogen-bond acceptors (Lipinski definition) is 2. The van der Waals surface area contributed by atoms with E-state index in [1.54, 1.807) is 12.2 Å². The molecule has 0 radical (unpaired) electrons. The lowest BCUT2D eigenvalue weighted by atomic mass is 10.2. The van der Waals surface area contributed by atoms with Gasteiger partial charge >= 0.3 is 0 Å². The highest BCUT2D eigenvalue weighted by atomic mass is 16.5. The first-order valence-electron chi connectivity index (χ1n) is 5.28. The smallest absolute Gasteiger partial charge is 0.119 e. The molecule has 1 aliphatic rings. The summed E-state index contributed by atoms with van der Waals surface area (Å²) in [5.74, 6) is 1.13. The third kappa shape index (κ3) is 3.02. The fourth-order valence-electron chi connectivity index (χ4n) is 1.43. The van der Waals surface area contributed by atoms with Crippen molar-refractivity contribution < 1.29 is 9.84 Å². The van der Waals surface area contributed by atoms with Crippen LogP contribution in [0, 0.1) is 0 Å². The van der Waals surface area contributed by atoms with Gasteiger partial charge < -0.3 is 9.84 Å². The van der Waals surface area contributed by atoms with Crippen molar-refractivity contribution in [3.63, 3.8) is 0 Å². The zero-order chi connectivity index (χ0) is 11.2. The van der Waals surface area contributed by atoms with Crippen LogP contribution in [0.15, 0.2) is 66.2 Å². The highest BCUT2D eigenvalue weighted by Crippen LogP contribution is 2.12. The topological polar surface area (TPSA) is 29.5 Å². The molecule has 1 aliphatic carbocycles. The fraction of sp³-hybridized carbons (Fsp3) is 0.143. The molecule has 2 heteroatoms. The molecule has 1 aromatic carbocycles. The molecule has 82 valence electrons. The van der Waals surface area contributed by atoms with Gasteiger partial charge in [0.2, 0.25) is 0 Å². The van der Waals surface area contributed by atoms with Crippen molar-refractivity contribution in [2.24, 2.45) is 0 Å². The molecular weight excluding hydrogens is 200 g/mol. The maximum atomic E-state index is 9.30. The van der Waals surface area contributed by atoms with Gasteiger partial charge in [-0.25, -0.2) is 0 Å². The molecule has 0 heterocycles. The second-order valence-corrected chi connectivity index (χ2v) is 3.61. The number of allylic oxidation sites excluding steroid dienone is 4. The summed E-state index contributed by atoms with van der Waals surface area (Å²) >= 11 is 0. The van der Waals surface area contributed by atoms with Crippen molar-refractivity contribution in [2.45, 2.75) is 13.0 Å². The number of hydrogen-bond donors (Lipinski definition) is 1. The maximum Gasteiger partial charge on any atom is 0.119 e. The minimum atomic E-state index is 0.356. The third-order valence-electron chi connectivity index (χ3n) is 2.30. The van der Waals surface area contributed by atoms with Crippen LogP contribution in [-0.4, -0.2) is 5.11 Å². The molecule has 0 saturated carbocycles. The summed E-state index contributed by atoms with van der Waals surface area (Å²) < 4.78 is 5.62. The van der Waals surface area contributed by atoms with Crippen LogP contribution >= 0.6 is 0 Å². The van der Waals surface area contributed by atoms with Gasteiger partial charge in [0.05, 0.1) is 5.76 Å². The van der Waals surface area contributed by atoms with E-state index < -0.39 is 0 Å². The third-order valence-corrected chi connectivity index (χ3v) is 2.30. The Hall–Kier alpha value is -1.96. The minimum Gasteiger partial charge on any atom is -0.512 e. The summed E-state index contributed by atoms with van der Waals surface area (Å²) in [7, 11) is 0. The van der Waals surface area contributed by atoms with Gasteiger partial charge in [-0.3, -0.25) is 0 Å². The first kappa shape index (κ1) is 10.6. The van der Waals surface area contributed by atoms with Crippen molar-refractivity contribution in [2.75, 3.05) is 0 Å². The predicted octanol–water partition coefficient (Wildman–Crippen LogP) is 3.49. The van der Waals surface area contributed by atoms with E-state index in [0.717, 1.165) is 11.3 Å². The SMILES string of the molecule is OC1=CC=C(OCc2ccccc2)C=CC1. The Morgan fingerprint density at radius 1 is 1.12 bits per heavy atom. The Morgan fingerprint density at radius 2 is 1.94 bits per heavy atom. The van der Waals surface area contributed by atoms with Crippen LogP contribution in [0.1, 0.15) is 12.0 Å². The van der Waals surface area contributed by atoms with Gasteiger partial charge in [0.25, 0.3) is 0 Å². The summed E-state index contributed by atoms with van der Waals surface area (Å²) in [4.78, 5) is 0. The van der Waals surface area contributed by atoms with Gasteiger partial charge in [0.15, 0.2) is 0 Å². The number of rotatable bonds is 3. The zero-order valence-electron chi connectivity index (χ0n) is 8.97. The van der Waals surface area contributed by atoms with Crippen molar-refractivity contribution in [3.8, 4) is 0 Å². The van der Waals surface area contributed by atoms with Gasteiger partial charge in [-0.05, 0) is 23.8 Å². The molecule has 0 aliphatic heterocycles. The summed E-state index contributed by atoms with van der Waals surface area (Å²) in [5, 5.41) is 9.30. The second kappa shape index (κ2) is 5.21. The lowest BCUT2D eigenvalue weighted by Crippen LogP contribution is -1.90. The van der Waals surface area contributed by atoms with Crippen LogP contribution in [0.25, 0.3) is 0 Å². The van der Waals surface area contributed by atoms with E-state index in [2.05, 4.69) is 0 Å². The second-order valence-electron chi connectivity index (χ2n) is 3.61. The van der Waals surface area contributed by atoms with E-state index in [0.29, 0.717) is 18.8 Å². The molecule has 0 fully saturated rings. The molecule has 16 heavy (non-hydrogen) atoms. The fourth-order valence-corrected chi connectivity index (χ4v) is 1.43. The molecular formula is C14H14O2. The van der Waals surface area contributed by atoms with Crippen LogP contribution in [0.5, 0.6) is 0 Å². The molecule has 1 N–H and O–H groups in total. The van der Waals surface area contributed by atoms with E-state index in [4.69, 9.17) is 4.74 Å². The van der Waals surface area contributed by atoms with Crippen molar-refractivity contribution >= 4 is 0 Å². The van der Waals surface area contributed by atoms with Crippen LogP contribution in [-0.2, 0) is 11.3 Å². The zero-order valence-corrected chi connectivity index (χ0v) is 8.97. The monoisotopic (exact) mass is 214 g/mol. The standard InChI is InChI=1S/C14H14O2/c15-13-7-4-8-14(10-9-13)16-11-12-5-2-1-3-6-12/h1-6,8-10,15H,7,11H2. The van der Waals surface area contributed by atoms with E-state index in [9.17, 15) is 5.11 Å². The lowest BCUT2D eigenvalue weighted by Gasteiger charge is -2.05. The molecule has 0 aromatic heterocycles. The first-order valence-corrected chi connectivity index (χ1v) is 5.28. The highest BCUT2D eigenvalue weighted by molar-refractivity contribution is 5.25. The van der Waals surface area contributed by atoms with Crippen LogP contribution < -0.4 is 0 Å². The number of aliphatic hydroxyl groups excluding tert-OH is 1. The Morgan fingerprint density at radius 3 is 2.75 bits per heavy atom. The van der Waals surface area contributed by atoms with Crippen LogP contribution in [0.2, 0.25) is 0 Å². The highest BCUT2D eigenvalue weighted by Gasteiger charge is 1.98. The Labute approximate surface area is 95.2 Å². The van der Waals surface area contributed by atoms with Gasteiger partial charge in [-0.2, -0.15) is 0 Å². The van der Waals surface area contributed by atoms with Gasteiger partial charge in [-0.1, -0.05) is 36.4 Å². The molecule has 1 aromatic rings. The van der Waals surface area contributed by atoms with Gasteiger partial charge in [0.1, 0.15) is 12.4 Å². The Bertz CT molecular complexity index is 427. The molecule has 2 rings (SSSR count). The lowest BCUT2D eigenvalue weighted by molar-refractivity contribution is 0.211. The summed E-state index contributed by atoms with van der Waals surface area (Å²) in [6.45, 7) is 0.547. The Balaban J connectivity index is 1.96. The molecule has 0 saturated heterocycles. The summed E-state index contributed by atoms with van der Waals surface area (Å²) in [6, 6.07) is 10.0.